The topological polar surface area (TPSA) is 37.4 Å². The fourth-order valence-corrected chi connectivity index (χ4v) is 4.89. The van der Waals surface area contributed by atoms with E-state index in [2.05, 4.69) is 0 Å². The van der Waals surface area contributed by atoms with Gasteiger partial charge in [0.1, 0.15) is 5.82 Å². The van der Waals surface area contributed by atoms with Gasteiger partial charge in [-0.05, 0) is 31.0 Å². The van der Waals surface area contributed by atoms with Gasteiger partial charge in [0.25, 0.3) is 0 Å². The molecular weight excluding hydrogens is 313 g/mol. The lowest BCUT2D eigenvalue weighted by molar-refractivity contribution is 0.261. The van der Waals surface area contributed by atoms with Gasteiger partial charge in [0.05, 0.1) is 10.8 Å². The molecular formula is C15H21ClFNO2S. The molecule has 3 nitrogen and oxygen atoms in total. The molecule has 1 fully saturated rings. The highest BCUT2D eigenvalue weighted by Crippen LogP contribution is 2.28. The van der Waals surface area contributed by atoms with Crippen molar-refractivity contribution in [3.63, 3.8) is 0 Å². The summed E-state index contributed by atoms with van der Waals surface area (Å²) >= 11 is 5.67. The first-order valence-electron chi connectivity index (χ1n) is 7.37. The third kappa shape index (κ3) is 3.58. The van der Waals surface area contributed by atoms with E-state index < -0.39 is 15.8 Å². The van der Waals surface area contributed by atoms with E-state index >= 15 is 0 Å². The fraction of sp³-hybridized carbons (Fsp3) is 0.600. The number of halogens is 2. The summed E-state index contributed by atoms with van der Waals surface area (Å²) in [5, 5.41) is 0. The Morgan fingerprint density at radius 2 is 1.95 bits per heavy atom. The summed E-state index contributed by atoms with van der Waals surface area (Å²) in [7, 11) is -3.59. The van der Waals surface area contributed by atoms with Gasteiger partial charge in [-0.1, -0.05) is 26.2 Å². The second-order valence-electron chi connectivity index (χ2n) is 5.39. The first-order valence-corrected chi connectivity index (χ1v) is 9.34. The van der Waals surface area contributed by atoms with Gasteiger partial charge in [-0.3, -0.25) is 0 Å². The Balaban J connectivity index is 2.34. The third-order valence-corrected chi connectivity index (χ3v) is 6.37. The molecule has 0 spiro atoms. The predicted octanol–water partition coefficient (Wildman–Crippen LogP) is 3.91. The first-order chi connectivity index (χ1) is 10.0. The molecule has 0 aromatic heterocycles. The van der Waals surface area contributed by atoms with Crippen LogP contribution in [0, 0.1) is 5.82 Å². The molecule has 1 saturated carbocycles. The van der Waals surface area contributed by atoms with E-state index in [0.29, 0.717) is 6.54 Å². The predicted molar refractivity (Wildman–Crippen MR) is 82.4 cm³/mol. The van der Waals surface area contributed by atoms with Crippen LogP contribution in [0.1, 0.15) is 44.6 Å². The molecule has 0 bridgehead atoms. The Kier molecular flexibility index (Phi) is 5.63. The number of sulfonamides is 1. The maximum absolute atomic E-state index is 13.5. The number of hydrogen-bond donors (Lipinski definition) is 0. The highest BCUT2D eigenvalue weighted by molar-refractivity contribution is 7.89. The second-order valence-corrected chi connectivity index (χ2v) is 7.54. The highest BCUT2D eigenvalue weighted by atomic mass is 35.5. The van der Waals surface area contributed by atoms with Crippen LogP contribution in [0.15, 0.2) is 23.1 Å². The van der Waals surface area contributed by atoms with Gasteiger partial charge >= 0.3 is 0 Å². The van der Waals surface area contributed by atoms with Crippen LogP contribution in [0.4, 0.5) is 4.39 Å². The van der Waals surface area contributed by atoms with Crippen molar-refractivity contribution in [2.24, 2.45) is 0 Å². The number of benzene rings is 1. The first kappa shape index (κ1) is 16.7. The molecule has 21 heavy (non-hydrogen) atoms. The summed E-state index contributed by atoms with van der Waals surface area (Å²) in [4.78, 5) is 0.131. The lowest BCUT2D eigenvalue weighted by atomic mass is 9.95. The molecule has 0 amide bonds. The molecule has 0 unspecified atom stereocenters. The van der Waals surface area contributed by atoms with Crippen LogP contribution >= 0.6 is 11.6 Å². The van der Waals surface area contributed by atoms with Crippen molar-refractivity contribution >= 4 is 21.6 Å². The Morgan fingerprint density at radius 3 is 2.52 bits per heavy atom. The molecule has 118 valence electrons. The molecule has 2 rings (SSSR count). The summed E-state index contributed by atoms with van der Waals surface area (Å²) in [5.74, 6) is -0.505. The molecule has 1 aromatic rings. The van der Waals surface area contributed by atoms with E-state index in [0.717, 1.165) is 25.7 Å². The molecule has 0 N–H and O–H groups in total. The standard InChI is InChI=1S/C15H21ClFNO2S/c1-2-18(13-6-4-3-5-7-13)21(19,20)14-8-9-15(17)12(10-14)11-16/h8-10,13H,2-7,11H2,1H3. The lowest BCUT2D eigenvalue weighted by Gasteiger charge is -2.32. The summed E-state index contributed by atoms with van der Waals surface area (Å²) < 4.78 is 40.7. The van der Waals surface area contributed by atoms with Crippen LogP contribution in [0.2, 0.25) is 0 Å². The van der Waals surface area contributed by atoms with Gasteiger partial charge < -0.3 is 0 Å². The third-order valence-electron chi connectivity index (χ3n) is 4.06. The maximum atomic E-state index is 13.5. The molecule has 1 aliphatic carbocycles. The fourth-order valence-electron chi connectivity index (χ4n) is 2.94. The Bertz CT molecular complexity index is 585. The van der Waals surface area contributed by atoms with Crippen molar-refractivity contribution < 1.29 is 12.8 Å². The number of alkyl halides is 1. The van der Waals surface area contributed by atoms with Crippen LogP contribution in [-0.4, -0.2) is 25.3 Å². The molecule has 0 aliphatic heterocycles. The molecule has 0 radical (unpaired) electrons. The SMILES string of the molecule is CCN(C1CCCCC1)S(=O)(=O)c1ccc(F)c(CCl)c1. The monoisotopic (exact) mass is 333 g/mol. The minimum atomic E-state index is -3.59. The quantitative estimate of drug-likeness (QED) is 0.766. The lowest BCUT2D eigenvalue weighted by Crippen LogP contribution is -2.41. The van der Waals surface area contributed by atoms with Crippen LogP contribution < -0.4 is 0 Å². The van der Waals surface area contributed by atoms with Crippen molar-refractivity contribution in [2.45, 2.75) is 55.8 Å². The van der Waals surface area contributed by atoms with Crippen molar-refractivity contribution in [3.8, 4) is 0 Å². The van der Waals surface area contributed by atoms with Gasteiger partial charge in [0.15, 0.2) is 0 Å². The van der Waals surface area contributed by atoms with Crippen LogP contribution in [0.5, 0.6) is 0 Å². The number of rotatable bonds is 5. The van der Waals surface area contributed by atoms with Crippen molar-refractivity contribution in [2.75, 3.05) is 6.54 Å². The summed E-state index contributed by atoms with van der Waals surface area (Å²) in [5.41, 5.74) is 0.220. The van der Waals surface area contributed by atoms with Crippen molar-refractivity contribution in [1.82, 2.24) is 4.31 Å². The van der Waals surface area contributed by atoms with Crippen LogP contribution in [0.25, 0.3) is 0 Å². The maximum Gasteiger partial charge on any atom is 0.243 e. The van der Waals surface area contributed by atoms with Gasteiger partial charge in [-0.15, -0.1) is 11.6 Å². The minimum Gasteiger partial charge on any atom is -0.207 e. The average molecular weight is 334 g/mol. The normalized spacial score (nSPS) is 17.3. The van der Waals surface area contributed by atoms with Gasteiger partial charge in [0.2, 0.25) is 10.0 Å². The largest absolute Gasteiger partial charge is 0.243 e. The van der Waals surface area contributed by atoms with E-state index in [1.807, 2.05) is 6.92 Å². The zero-order valence-electron chi connectivity index (χ0n) is 12.2. The minimum absolute atomic E-state index is 0.0370. The highest BCUT2D eigenvalue weighted by Gasteiger charge is 2.31. The molecule has 6 heteroatoms. The summed E-state index contributed by atoms with van der Waals surface area (Å²) in [6.45, 7) is 2.28. The van der Waals surface area contributed by atoms with Crippen molar-refractivity contribution in [3.05, 3.63) is 29.6 Å². The zero-order valence-corrected chi connectivity index (χ0v) is 13.8. The van der Waals surface area contributed by atoms with Crippen molar-refractivity contribution in [1.29, 1.82) is 0 Å². The number of nitrogens with zero attached hydrogens (tertiary/aromatic N) is 1. The molecule has 1 aliphatic rings. The Morgan fingerprint density at radius 1 is 1.29 bits per heavy atom. The van der Waals surface area contributed by atoms with Gasteiger partial charge in [0, 0.05) is 18.2 Å². The van der Waals surface area contributed by atoms with Crippen LogP contribution in [-0.2, 0) is 15.9 Å². The van der Waals surface area contributed by atoms with E-state index in [1.54, 1.807) is 4.31 Å². The Hall–Kier alpha value is -0.650. The van der Waals surface area contributed by atoms with Crippen LogP contribution in [0.3, 0.4) is 0 Å². The molecule has 0 saturated heterocycles. The van der Waals surface area contributed by atoms with E-state index in [4.69, 9.17) is 11.6 Å². The molecule has 0 atom stereocenters. The molecule has 1 aromatic carbocycles. The van der Waals surface area contributed by atoms with Gasteiger partial charge in [-0.25, -0.2) is 12.8 Å². The van der Waals surface area contributed by atoms with E-state index in [9.17, 15) is 12.8 Å². The average Bonchev–Trinajstić information content (AvgIpc) is 2.49. The number of hydrogen-bond acceptors (Lipinski definition) is 2. The second kappa shape index (κ2) is 7.07. The van der Waals surface area contributed by atoms with E-state index in [-0.39, 0.29) is 22.4 Å². The van der Waals surface area contributed by atoms with E-state index in [1.165, 1.54) is 24.6 Å². The van der Waals surface area contributed by atoms with Gasteiger partial charge in [-0.2, -0.15) is 4.31 Å². The summed E-state index contributed by atoms with van der Waals surface area (Å²) in [6.07, 6.45) is 5.09. The Labute approximate surface area is 131 Å². The molecule has 0 heterocycles. The smallest absolute Gasteiger partial charge is 0.207 e. The summed E-state index contributed by atoms with van der Waals surface area (Å²) in [6, 6.07) is 3.91. The zero-order chi connectivity index (χ0) is 15.5.